The van der Waals surface area contributed by atoms with E-state index in [0.717, 1.165) is 36.2 Å². The quantitative estimate of drug-likeness (QED) is 0.575. The summed E-state index contributed by atoms with van der Waals surface area (Å²) in [5.41, 5.74) is 1.03. The van der Waals surface area contributed by atoms with Crippen LogP contribution < -0.4 is 5.32 Å². The van der Waals surface area contributed by atoms with Gasteiger partial charge in [0.2, 0.25) is 5.16 Å². The molecule has 0 unspecified atom stereocenters. The molecule has 0 aliphatic heterocycles. The Balaban J connectivity index is 1.87. The second-order valence-corrected chi connectivity index (χ2v) is 4.75. The Labute approximate surface area is 110 Å². The van der Waals surface area contributed by atoms with E-state index in [1.165, 1.54) is 0 Å². The van der Waals surface area contributed by atoms with Gasteiger partial charge in [0.05, 0.1) is 12.2 Å². The minimum atomic E-state index is 0.780. The highest BCUT2D eigenvalue weighted by Gasteiger charge is 2.07. The molecule has 0 aliphatic carbocycles. The maximum Gasteiger partial charge on any atom is 0.209 e. The van der Waals surface area contributed by atoms with Crippen LogP contribution in [0.2, 0.25) is 0 Å². The number of hydrogen-bond acceptors (Lipinski definition) is 6. The molecule has 0 aromatic carbocycles. The molecule has 2 aromatic rings. The van der Waals surface area contributed by atoms with E-state index in [4.69, 9.17) is 0 Å². The third kappa shape index (κ3) is 3.54. The fraction of sp³-hybridized carbons (Fsp3) is 0.600. The number of tetrazole rings is 1. The van der Waals surface area contributed by atoms with Gasteiger partial charge in [0.25, 0.3) is 0 Å². The predicted octanol–water partition coefficient (Wildman–Crippen LogP) is 0.308. The third-order valence-corrected chi connectivity index (χ3v) is 3.36. The Morgan fingerprint density at radius 2 is 2.33 bits per heavy atom. The molecule has 0 spiro atoms. The van der Waals surface area contributed by atoms with E-state index in [-0.39, 0.29) is 0 Å². The number of thioether (sulfide) groups is 1. The fourth-order valence-electron chi connectivity index (χ4n) is 1.48. The average Bonchev–Trinajstić information content (AvgIpc) is 2.96. The van der Waals surface area contributed by atoms with E-state index in [1.54, 1.807) is 16.4 Å². The van der Waals surface area contributed by atoms with E-state index in [0.29, 0.717) is 0 Å². The van der Waals surface area contributed by atoms with Crippen molar-refractivity contribution in [3.63, 3.8) is 0 Å². The lowest BCUT2D eigenvalue weighted by Gasteiger charge is -2.03. The van der Waals surface area contributed by atoms with E-state index in [1.807, 2.05) is 24.0 Å². The first-order chi connectivity index (χ1) is 8.79. The van der Waals surface area contributed by atoms with Crippen molar-refractivity contribution in [2.75, 3.05) is 13.1 Å². The summed E-state index contributed by atoms with van der Waals surface area (Å²) in [7, 11) is 1.91. The molecule has 98 valence electrons. The zero-order chi connectivity index (χ0) is 12.8. The molecule has 2 aromatic heterocycles. The van der Waals surface area contributed by atoms with Crippen molar-refractivity contribution >= 4 is 11.8 Å². The predicted molar refractivity (Wildman–Crippen MR) is 69.1 cm³/mol. The van der Waals surface area contributed by atoms with Gasteiger partial charge in [-0.3, -0.25) is 4.68 Å². The van der Waals surface area contributed by atoms with E-state index in [2.05, 4.69) is 32.9 Å². The molecule has 8 heteroatoms. The Bertz CT molecular complexity index is 478. The zero-order valence-electron chi connectivity index (χ0n) is 10.6. The molecule has 0 amide bonds. The van der Waals surface area contributed by atoms with Gasteiger partial charge in [-0.1, -0.05) is 18.7 Å². The van der Waals surface area contributed by atoms with Crippen LogP contribution in [0.25, 0.3) is 0 Å². The molecule has 0 saturated carbocycles. The van der Waals surface area contributed by atoms with Gasteiger partial charge in [-0.05, 0) is 23.0 Å². The molecule has 7 nitrogen and oxygen atoms in total. The van der Waals surface area contributed by atoms with Crippen LogP contribution in [0.15, 0.2) is 17.4 Å². The number of hydrogen-bond donors (Lipinski definition) is 1. The van der Waals surface area contributed by atoms with Gasteiger partial charge in [0.15, 0.2) is 0 Å². The van der Waals surface area contributed by atoms with Gasteiger partial charge in [0.1, 0.15) is 0 Å². The molecule has 2 rings (SSSR count). The van der Waals surface area contributed by atoms with Gasteiger partial charge < -0.3 is 5.32 Å². The van der Waals surface area contributed by atoms with Crippen molar-refractivity contribution in [3.05, 3.63) is 18.0 Å². The molecule has 2 heterocycles. The minimum Gasteiger partial charge on any atom is -0.315 e. The maximum atomic E-state index is 4.32. The number of aryl methyl sites for hydroxylation is 1. The van der Waals surface area contributed by atoms with Gasteiger partial charge in [-0.25, -0.2) is 4.68 Å². The molecule has 0 atom stereocenters. The smallest absolute Gasteiger partial charge is 0.209 e. The van der Waals surface area contributed by atoms with E-state index < -0.39 is 0 Å². The average molecular weight is 267 g/mol. The van der Waals surface area contributed by atoms with Crippen molar-refractivity contribution in [1.29, 1.82) is 0 Å². The standard InChI is InChI=1S/C10H17N7S/c1-3-11-5-7-17-10(12-14-15-17)18-8-9-4-6-16(2)13-9/h4,6,11H,3,5,7-8H2,1-2H3. The minimum absolute atomic E-state index is 0.780. The summed E-state index contributed by atoms with van der Waals surface area (Å²) in [6.45, 7) is 4.69. The summed E-state index contributed by atoms with van der Waals surface area (Å²) in [6.07, 6.45) is 1.93. The van der Waals surface area contributed by atoms with Crippen molar-refractivity contribution in [2.24, 2.45) is 7.05 Å². The first kappa shape index (κ1) is 13.0. The van der Waals surface area contributed by atoms with Crippen molar-refractivity contribution < 1.29 is 0 Å². The van der Waals surface area contributed by atoms with Crippen LogP contribution in [0.4, 0.5) is 0 Å². The normalized spacial score (nSPS) is 11.0. The second-order valence-electron chi connectivity index (χ2n) is 3.81. The van der Waals surface area contributed by atoms with Crippen LogP contribution in [0, 0.1) is 0 Å². The Kier molecular flexibility index (Phi) is 4.71. The van der Waals surface area contributed by atoms with Crippen LogP contribution in [0.1, 0.15) is 12.6 Å². The topological polar surface area (TPSA) is 73.5 Å². The van der Waals surface area contributed by atoms with E-state index >= 15 is 0 Å². The molecule has 0 fully saturated rings. The van der Waals surface area contributed by atoms with Crippen molar-refractivity contribution in [1.82, 2.24) is 35.3 Å². The van der Waals surface area contributed by atoms with Crippen LogP contribution in [-0.2, 0) is 19.3 Å². The zero-order valence-corrected chi connectivity index (χ0v) is 11.4. The summed E-state index contributed by atoms with van der Waals surface area (Å²) >= 11 is 1.60. The summed E-state index contributed by atoms with van der Waals surface area (Å²) in [5.74, 6) is 0.780. The largest absolute Gasteiger partial charge is 0.315 e. The molecule has 0 saturated heterocycles. The van der Waals surface area contributed by atoms with Crippen molar-refractivity contribution in [3.8, 4) is 0 Å². The number of rotatable bonds is 7. The van der Waals surface area contributed by atoms with Crippen LogP contribution in [0.3, 0.4) is 0 Å². The van der Waals surface area contributed by atoms with Crippen LogP contribution >= 0.6 is 11.8 Å². The van der Waals surface area contributed by atoms with Crippen LogP contribution in [-0.4, -0.2) is 43.1 Å². The molecule has 1 N–H and O–H groups in total. The first-order valence-electron chi connectivity index (χ1n) is 5.88. The second kappa shape index (κ2) is 6.50. The number of aromatic nitrogens is 6. The highest BCUT2D eigenvalue weighted by Crippen LogP contribution is 2.18. The van der Waals surface area contributed by atoms with Gasteiger partial charge in [0, 0.05) is 25.5 Å². The Hall–Kier alpha value is -1.41. The molecular formula is C10H17N7S. The van der Waals surface area contributed by atoms with Gasteiger partial charge in [-0.15, -0.1) is 5.10 Å². The fourth-order valence-corrected chi connectivity index (χ4v) is 2.28. The molecule has 0 bridgehead atoms. The summed E-state index contributed by atoms with van der Waals surface area (Å²) in [4.78, 5) is 0. The SMILES string of the molecule is CCNCCn1nnnc1SCc1ccn(C)n1. The first-order valence-corrected chi connectivity index (χ1v) is 6.86. The lowest BCUT2D eigenvalue weighted by atomic mass is 10.5. The lowest BCUT2D eigenvalue weighted by molar-refractivity contribution is 0.517. The maximum absolute atomic E-state index is 4.32. The molecule has 18 heavy (non-hydrogen) atoms. The molecular weight excluding hydrogens is 250 g/mol. The summed E-state index contributed by atoms with van der Waals surface area (Å²) in [5, 5.41) is 20.1. The monoisotopic (exact) mass is 267 g/mol. The summed E-state index contributed by atoms with van der Waals surface area (Å²) < 4.78 is 3.61. The molecule has 0 radical (unpaired) electrons. The number of likely N-dealkylation sites (N-methyl/N-ethyl adjacent to an activating group) is 1. The number of nitrogens with zero attached hydrogens (tertiary/aromatic N) is 6. The third-order valence-electron chi connectivity index (χ3n) is 2.37. The highest BCUT2D eigenvalue weighted by atomic mass is 32.2. The summed E-state index contributed by atoms with van der Waals surface area (Å²) in [6, 6.07) is 2.00. The highest BCUT2D eigenvalue weighted by molar-refractivity contribution is 7.98. The Morgan fingerprint density at radius 3 is 3.06 bits per heavy atom. The number of nitrogens with one attached hydrogen (secondary N) is 1. The van der Waals surface area contributed by atoms with Gasteiger partial charge in [-0.2, -0.15) is 5.10 Å². The van der Waals surface area contributed by atoms with E-state index in [9.17, 15) is 0 Å². The van der Waals surface area contributed by atoms with Gasteiger partial charge >= 0.3 is 0 Å². The van der Waals surface area contributed by atoms with Crippen LogP contribution in [0.5, 0.6) is 0 Å². The molecule has 0 aliphatic rings. The lowest BCUT2D eigenvalue weighted by Crippen LogP contribution is -2.20. The Morgan fingerprint density at radius 1 is 1.44 bits per heavy atom. The van der Waals surface area contributed by atoms with Crippen molar-refractivity contribution in [2.45, 2.75) is 24.4 Å².